The van der Waals surface area contributed by atoms with Crippen molar-refractivity contribution >= 4 is 16.7 Å². The van der Waals surface area contributed by atoms with E-state index in [0.29, 0.717) is 17.2 Å². The third-order valence-corrected chi connectivity index (χ3v) is 7.67. The fraction of sp³-hybridized carbons (Fsp3) is 0.367. The van der Waals surface area contributed by atoms with Crippen molar-refractivity contribution in [2.75, 3.05) is 13.1 Å². The Labute approximate surface area is 211 Å². The van der Waals surface area contributed by atoms with Gasteiger partial charge in [-0.05, 0) is 87.0 Å². The van der Waals surface area contributed by atoms with Crippen LogP contribution in [0.1, 0.15) is 59.8 Å². The highest BCUT2D eigenvalue weighted by Gasteiger charge is 2.29. The lowest BCUT2D eigenvalue weighted by atomic mass is 9.95. The zero-order valence-electron chi connectivity index (χ0n) is 20.8. The van der Waals surface area contributed by atoms with E-state index in [2.05, 4.69) is 44.8 Å². The Morgan fingerprint density at radius 2 is 1.83 bits per heavy atom. The van der Waals surface area contributed by atoms with E-state index in [1.807, 2.05) is 13.1 Å². The Morgan fingerprint density at radius 1 is 1.03 bits per heavy atom. The molecule has 0 bridgehead atoms. The van der Waals surface area contributed by atoms with Crippen LogP contribution >= 0.6 is 0 Å². The first-order chi connectivity index (χ1) is 17.5. The number of benzene rings is 2. The van der Waals surface area contributed by atoms with Crippen LogP contribution in [-0.4, -0.2) is 38.2 Å². The number of aryl methyl sites for hydroxylation is 1. The molecule has 2 fully saturated rings. The lowest BCUT2D eigenvalue weighted by Gasteiger charge is -2.32. The van der Waals surface area contributed by atoms with E-state index < -0.39 is 0 Å². The summed E-state index contributed by atoms with van der Waals surface area (Å²) in [6.07, 6.45) is 6.79. The molecule has 2 aromatic carbocycles. The summed E-state index contributed by atoms with van der Waals surface area (Å²) in [6, 6.07) is 16.9. The van der Waals surface area contributed by atoms with Gasteiger partial charge in [0.05, 0.1) is 22.4 Å². The summed E-state index contributed by atoms with van der Waals surface area (Å²) in [7, 11) is 0. The molecule has 2 aromatic heterocycles. The van der Waals surface area contributed by atoms with Crippen LogP contribution in [0, 0.1) is 24.1 Å². The molecule has 3 heterocycles. The molecule has 36 heavy (non-hydrogen) atoms. The Hall–Kier alpha value is -3.38. The lowest BCUT2D eigenvalue weighted by molar-refractivity contribution is 0.200. The number of fused-ring (bicyclic) bond motifs is 1. The number of para-hydroxylation sites is 2. The topological polar surface area (TPSA) is 57.8 Å². The molecule has 0 radical (unpaired) electrons. The summed E-state index contributed by atoms with van der Waals surface area (Å²) < 4.78 is 16.1. The van der Waals surface area contributed by atoms with E-state index in [0.717, 1.165) is 61.6 Å². The number of rotatable bonds is 7. The number of pyridine rings is 1. The van der Waals surface area contributed by atoms with E-state index >= 15 is 0 Å². The molecule has 1 aliphatic carbocycles. The van der Waals surface area contributed by atoms with Gasteiger partial charge in [0.2, 0.25) is 0 Å². The summed E-state index contributed by atoms with van der Waals surface area (Å²) in [4.78, 5) is 12.2. The third kappa shape index (κ3) is 4.70. The quantitative estimate of drug-likeness (QED) is 0.325. The van der Waals surface area contributed by atoms with Gasteiger partial charge in [0, 0.05) is 30.8 Å². The second kappa shape index (κ2) is 9.58. The Morgan fingerprint density at radius 3 is 2.58 bits per heavy atom. The zero-order chi connectivity index (χ0) is 24.6. The van der Waals surface area contributed by atoms with Crippen LogP contribution in [0.4, 0.5) is 4.39 Å². The first kappa shape index (κ1) is 23.0. The maximum Gasteiger partial charge on any atom is 0.123 e. The van der Waals surface area contributed by atoms with E-state index in [-0.39, 0.29) is 11.5 Å². The number of likely N-dealkylation sites (tertiary alicyclic amines) is 1. The summed E-state index contributed by atoms with van der Waals surface area (Å²) in [6.45, 7) is 6.02. The van der Waals surface area contributed by atoms with Gasteiger partial charge in [0.1, 0.15) is 11.6 Å². The zero-order valence-corrected chi connectivity index (χ0v) is 20.8. The number of piperidine rings is 1. The Kier molecular flexibility index (Phi) is 6.13. The fourth-order valence-electron chi connectivity index (χ4n) is 5.53. The first-order valence-corrected chi connectivity index (χ1v) is 13.0. The van der Waals surface area contributed by atoms with Crippen LogP contribution in [0.2, 0.25) is 0 Å². The maximum absolute atomic E-state index is 13.6. The van der Waals surface area contributed by atoms with E-state index in [4.69, 9.17) is 10.4 Å². The van der Waals surface area contributed by atoms with Crippen molar-refractivity contribution in [1.29, 1.82) is 5.41 Å². The summed E-state index contributed by atoms with van der Waals surface area (Å²) in [5.41, 5.74) is 5.93. The van der Waals surface area contributed by atoms with Gasteiger partial charge in [-0.3, -0.25) is 15.3 Å². The van der Waals surface area contributed by atoms with Crippen molar-refractivity contribution < 1.29 is 4.39 Å². The SMILES string of the molecule is Cc1cc(CN2CCC(c3nc4ccccc4n3CC3CC3)CC2)cnc1C(=N)c1cccc(F)c1. The number of imidazole rings is 1. The van der Waals surface area contributed by atoms with Crippen molar-refractivity contribution in [1.82, 2.24) is 19.4 Å². The van der Waals surface area contributed by atoms with Gasteiger partial charge >= 0.3 is 0 Å². The third-order valence-electron chi connectivity index (χ3n) is 7.67. The van der Waals surface area contributed by atoms with Crippen LogP contribution in [-0.2, 0) is 13.1 Å². The van der Waals surface area contributed by atoms with Gasteiger partial charge in [-0.25, -0.2) is 9.37 Å². The monoisotopic (exact) mass is 481 g/mol. The van der Waals surface area contributed by atoms with Gasteiger partial charge < -0.3 is 4.57 Å². The molecule has 2 aliphatic rings. The number of nitrogens with zero attached hydrogens (tertiary/aromatic N) is 4. The first-order valence-electron chi connectivity index (χ1n) is 13.0. The number of halogens is 1. The number of hydrogen-bond acceptors (Lipinski definition) is 4. The molecular formula is C30H32FN5. The molecule has 1 saturated heterocycles. The molecule has 0 unspecified atom stereocenters. The van der Waals surface area contributed by atoms with Gasteiger partial charge in [-0.2, -0.15) is 0 Å². The molecule has 0 amide bonds. The Balaban J connectivity index is 1.12. The Bertz CT molecular complexity index is 1410. The number of hydrogen-bond donors (Lipinski definition) is 1. The van der Waals surface area contributed by atoms with Crippen molar-refractivity contribution in [3.63, 3.8) is 0 Å². The van der Waals surface area contributed by atoms with Crippen LogP contribution in [0.3, 0.4) is 0 Å². The van der Waals surface area contributed by atoms with Crippen molar-refractivity contribution in [2.24, 2.45) is 5.92 Å². The molecule has 5 nitrogen and oxygen atoms in total. The number of nitrogens with one attached hydrogen (secondary N) is 1. The van der Waals surface area contributed by atoms with E-state index in [1.165, 1.54) is 36.3 Å². The van der Waals surface area contributed by atoms with Crippen molar-refractivity contribution in [3.8, 4) is 0 Å². The highest BCUT2D eigenvalue weighted by Crippen LogP contribution is 2.36. The molecule has 184 valence electrons. The molecule has 0 atom stereocenters. The molecule has 1 aliphatic heterocycles. The second-order valence-electron chi connectivity index (χ2n) is 10.5. The molecule has 0 spiro atoms. The van der Waals surface area contributed by atoms with Crippen LogP contribution in [0.25, 0.3) is 11.0 Å². The summed E-state index contributed by atoms with van der Waals surface area (Å²) >= 11 is 0. The van der Waals surface area contributed by atoms with Gasteiger partial charge in [0.25, 0.3) is 0 Å². The molecule has 4 aromatic rings. The fourth-order valence-corrected chi connectivity index (χ4v) is 5.53. The molecule has 1 N–H and O–H groups in total. The van der Waals surface area contributed by atoms with Crippen LogP contribution in [0.15, 0.2) is 60.8 Å². The largest absolute Gasteiger partial charge is 0.327 e. The molecule has 6 heteroatoms. The second-order valence-corrected chi connectivity index (χ2v) is 10.5. The van der Waals surface area contributed by atoms with E-state index in [9.17, 15) is 4.39 Å². The molecular weight excluding hydrogens is 449 g/mol. The summed E-state index contributed by atoms with van der Waals surface area (Å²) in [5, 5.41) is 8.49. The van der Waals surface area contributed by atoms with Crippen LogP contribution < -0.4 is 0 Å². The average molecular weight is 482 g/mol. The minimum Gasteiger partial charge on any atom is -0.327 e. The molecule has 1 saturated carbocycles. The number of aromatic nitrogens is 3. The smallest absolute Gasteiger partial charge is 0.123 e. The van der Waals surface area contributed by atoms with Crippen LogP contribution in [0.5, 0.6) is 0 Å². The average Bonchev–Trinajstić information content (AvgIpc) is 3.64. The predicted octanol–water partition coefficient (Wildman–Crippen LogP) is 6.08. The molecule has 6 rings (SSSR count). The van der Waals surface area contributed by atoms with Crippen molar-refractivity contribution in [3.05, 3.63) is 94.8 Å². The highest BCUT2D eigenvalue weighted by molar-refractivity contribution is 6.10. The summed E-state index contributed by atoms with van der Waals surface area (Å²) in [5.74, 6) is 2.27. The van der Waals surface area contributed by atoms with Gasteiger partial charge in [0.15, 0.2) is 0 Å². The minimum atomic E-state index is -0.335. The van der Waals surface area contributed by atoms with Crippen molar-refractivity contribution in [2.45, 2.75) is 51.6 Å². The lowest BCUT2D eigenvalue weighted by Crippen LogP contribution is -2.33. The minimum absolute atomic E-state index is 0.258. The highest BCUT2D eigenvalue weighted by atomic mass is 19.1. The van der Waals surface area contributed by atoms with Gasteiger partial charge in [-0.15, -0.1) is 0 Å². The normalized spacial score (nSPS) is 17.1. The van der Waals surface area contributed by atoms with E-state index in [1.54, 1.807) is 12.1 Å². The predicted molar refractivity (Wildman–Crippen MR) is 141 cm³/mol. The maximum atomic E-state index is 13.6. The van der Waals surface area contributed by atoms with Gasteiger partial charge in [-0.1, -0.05) is 30.3 Å². The standard InChI is InChI=1S/C30H32FN5/c1-20-15-22(17-33-29(20)28(32)24-5-4-6-25(31)16-24)18-35-13-11-23(12-14-35)30-34-26-7-2-3-8-27(26)36(30)19-21-9-10-21/h2-8,15-17,21,23,32H,9-14,18-19H2,1H3.